The van der Waals surface area contributed by atoms with Gasteiger partial charge >= 0.3 is 0 Å². The van der Waals surface area contributed by atoms with Crippen molar-refractivity contribution in [3.05, 3.63) is 82.3 Å². The molecule has 0 radical (unpaired) electrons. The van der Waals surface area contributed by atoms with Crippen LogP contribution >= 0.6 is 36.4 Å². The van der Waals surface area contributed by atoms with Crippen LogP contribution in [-0.2, 0) is 0 Å². The van der Waals surface area contributed by atoms with E-state index in [0.717, 1.165) is 37.6 Å². The average molecular weight is 598 g/mol. The third-order valence-electron chi connectivity index (χ3n) is 6.23. The van der Waals surface area contributed by atoms with Gasteiger partial charge in [-0.2, -0.15) is 0 Å². The van der Waals surface area contributed by atoms with Gasteiger partial charge in [0.1, 0.15) is 17.4 Å². The number of anilines is 2. The molecule has 0 spiro atoms. The van der Waals surface area contributed by atoms with Crippen molar-refractivity contribution in [1.82, 2.24) is 10.3 Å². The molecule has 2 aromatic carbocycles. The van der Waals surface area contributed by atoms with E-state index in [9.17, 15) is 14.0 Å². The van der Waals surface area contributed by atoms with Crippen molar-refractivity contribution in [3.8, 4) is 5.75 Å². The molecule has 7 nitrogen and oxygen atoms in total. The van der Waals surface area contributed by atoms with Crippen LogP contribution in [0.4, 0.5) is 15.9 Å². The van der Waals surface area contributed by atoms with Gasteiger partial charge in [-0.3, -0.25) is 9.59 Å². The van der Waals surface area contributed by atoms with E-state index in [2.05, 4.69) is 34.8 Å². The van der Waals surface area contributed by atoms with Gasteiger partial charge in [-0.1, -0.05) is 31.5 Å². The predicted molar refractivity (Wildman–Crippen MR) is 158 cm³/mol. The zero-order valence-electron chi connectivity index (χ0n) is 21.6. The Labute approximate surface area is 245 Å². The minimum atomic E-state index is -0.624. The number of carbonyl (C=O) groups excluding carboxylic acids is 2. The van der Waals surface area contributed by atoms with Crippen molar-refractivity contribution < 1.29 is 18.7 Å². The van der Waals surface area contributed by atoms with Crippen molar-refractivity contribution in [2.24, 2.45) is 5.92 Å². The number of aromatic nitrogens is 1. The molecule has 1 fully saturated rings. The lowest BCUT2D eigenvalue weighted by molar-refractivity contribution is 0.102. The van der Waals surface area contributed by atoms with E-state index in [0.29, 0.717) is 28.9 Å². The quantitative estimate of drug-likeness (QED) is 0.268. The zero-order valence-corrected chi connectivity index (χ0v) is 24.0. The summed E-state index contributed by atoms with van der Waals surface area (Å²) in [7, 11) is 0. The fourth-order valence-corrected chi connectivity index (χ4v) is 4.23. The molecule has 210 valence electrons. The maximum Gasteiger partial charge on any atom is 0.259 e. The number of hydrogen-bond donors (Lipinski definition) is 3. The number of amides is 2. The minimum absolute atomic E-state index is 0. The first-order valence-corrected chi connectivity index (χ1v) is 12.7. The number of ether oxygens (including phenoxy) is 1. The molecule has 39 heavy (non-hydrogen) atoms. The van der Waals surface area contributed by atoms with Crippen LogP contribution in [0, 0.1) is 11.7 Å². The van der Waals surface area contributed by atoms with Gasteiger partial charge in [-0.15, -0.1) is 24.8 Å². The summed E-state index contributed by atoms with van der Waals surface area (Å²) in [5.74, 6) is -0.358. The molecule has 1 aromatic heterocycles. The fraction of sp³-hybridized carbons (Fsp3) is 0.321. The number of pyridine rings is 1. The van der Waals surface area contributed by atoms with Crippen molar-refractivity contribution >= 4 is 59.7 Å². The normalized spacial score (nSPS) is 14.5. The molecule has 1 aliphatic heterocycles. The number of nitrogens with one attached hydrogen (secondary N) is 3. The third kappa shape index (κ3) is 8.80. The molecule has 0 aliphatic carbocycles. The lowest BCUT2D eigenvalue weighted by atomic mass is 9.99. The second-order valence-corrected chi connectivity index (χ2v) is 9.83. The van der Waals surface area contributed by atoms with Gasteiger partial charge in [-0.25, -0.2) is 9.37 Å². The Hall–Kier alpha value is -2.91. The van der Waals surface area contributed by atoms with Gasteiger partial charge in [0.2, 0.25) is 0 Å². The van der Waals surface area contributed by atoms with Gasteiger partial charge in [0.05, 0.1) is 28.4 Å². The Morgan fingerprint density at radius 3 is 2.51 bits per heavy atom. The van der Waals surface area contributed by atoms with Crippen LogP contribution < -0.4 is 20.7 Å². The summed E-state index contributed by atoms with van der Waals surface area (Å²) in [6, 6.07) is 12.2. The number of rotatable bonds is 8. The molecule has 0 unspecified atom stereocenters. The molecule has 2 amide bonds. The van der Waals surface area contributed by atoms with Crippen molar-refractivity contribution in [1.29, 1.82) is 0 Å². The Morgan fingerprint density at radius 2 is 1.85 bits per heavy atom. The molecule has 4 rings (SSSR count). The molecule has 2 heterocycles. The maximum absolute atomic E-state index is 14.1. The van der Waals surface area contributed by atoms with Crippen LogP contribution in [0.25, 0.3) is 0 Å². The summed E-state index contributed by atoms with van der Waals surface area (Å²) < 4.78 is 20.2. The predicted octanol–water partition coefficient (Wildman–Crippen LogP) is 6.72. The van der Waals surface area contributed by atoms with Crippen molar-refractivity contribution in [2.45, 2.75) is 32.6 Å². The summed E-state index contributed by atoms with van der Waals surface area (Å²) in [5, 5.41) is 9.14. The number of nitrogens with zero attached hydrogens (tertiary/aromatic N) is 1. The summed E-state index contributed by atoms with van der Waals surface area (Å²) in [4.78, 5) is 30.3. The molecule has 3 N–H and O–H groups in total. The van der Waals surface area contributed by atoms with Crippen LogP contribution in [0.5, 0.6) is 5.75 Å². The van der Waals surface area contributed by atoms with Gasteiger partial charge in [0, 0.05) is 18.7 Å². The molecular formula is C28H32Cl3FN4O3. The van der Waals surface area contributed by atoms with E-state index >= 15 is 0 Å². The van der Waals surface area contributed by atoms with Gasteiger partial charge < -0.3 is 20.7 Å². The molecule has 1 aliphatic rings. The Bertz CT molecular complexity index is 1270. The van der Waals surface area contributed by atoms with Crippen molar-refractivity contribution in [2.75, 3.05) is 30.3 Å². The molecule has 11 heteroatoms. The highest BCUT2D eigenvalue weighted by Gasteiger charge is 2.21. The van der Waals surface area contributed by atoms with Crippen LogP contribution in [0.3, 0.4) is 0 Å². The summed E-state index contributed by atoms with van der Waals surface area (Å²) in [6.07, 6.45) is 3.54. The first kappa shape index (κ1) is 32.3. The van der Waals surface area contributed by atoms with Crippen LogP contribution in [0.2, 0.25) is 5.02 Å². The van der Waals surface area contributed by atoms with E-state index < -0.39 is 17.6 Å². The summed E-state index contributed by atoms with van der Waals surface area (Å²) in [5.41, 5.74) is 1.50. The maximum atomic E-state index is 14.1. The van der Waals surface area contributed by atoms with E-state index in [-0.39, 0.29) is 47.8 Å². The number of piperidine rings is 1. The van der Waals surface area contributed by atoms with Crippen LogP contribution in [0.1, 0.15) is 58.9 Å². The van der Waals surface area contributed by atoms with E-state index in [1.807, 2.05) is 12.1 Å². The standard InChI is InChI=1S/C28H30ClFN4O3.2ClH/c1-17(2)19-5-8-22(25(12-19)37-16-18-4-3-11-31-14-18)27(35)33-24-9-7-21(30)13-23(24)28(36)34-26-10-6-20(29)15-32-26;;/h5-10,12-13,15,17-18,31H,3-4,11,14,16H2,1-2H3,(H,33,35)(H,32,34,36);2*1H/t18-;;/m1../s1. The third-order valence-corrected chi connectivity index (χ3v) is 6.46. The van der Waals surface area contributed by atoms with Gasteiger partial charge in [0.25, 0.3) is 11.8 Å². The number of benzene rings is 2. The molecule has 1 saturated heterocycles. The monoisotopic (exact) mass is 596 g/mol. The molecular weight excluding hydrogens is 566 g/mol. The van der Waals surface area contributed by atoms with E-state index in [1.54, 1.807) is 12.1 Å². The Balaban J connectivity index is 0.00000267. The minimum Gasteiger partial charge on any atom is -0.492 e. The highest BCUT2D eigenvalue weighted by atomic mass is 35.5. The highest BCUT2D eigenvalue weighted by Crippen LogP contribution is 2.28. The summed E-state index contributed by atoms with van der Waals surface area (Å²) in [6.45, 7) is 6.52. The van der Waals surface area contributed by atoms with Crippen molar-refractivity contribution in [3.63, 3.8) is 0 Å². The Morgan fingerprint density at radius 1 is 1.08 bits per heavy atom. The average Bonchev–Trinajstić information content (AvgIpc) is 2.90. The second-order valence-electron chi connectivity index (χ2n) is 9.39. The Kier molecular flexibility index (Phi) is 12.4. The highest BCUT2D eigenvalue weighted by molar-refractivity contribution is 6.30. The number of halogens is 4. The largest absolute Gasteiger partial charge is 0.492 e. The molecule has 1 atom stereocenters. The van der Waals surface area contributed by atoms with E-state index in [4.69, 9.17) is 16.3 Å². The molecule has 0 bridgehead atoms. The smallest absolute Gasteiger partial charge is 0.259 e. The van der Waals surface area contributed by atoms with Gasteiger partial charge in [0.15, 0.2) is 0 Å². The second kappa shape index (κ2) is 15.0. The summed E-state index contributed by atoms with van der Waals surface area (Å²) >= 11 is 5.85. The first-order valence-electron chi connectivity index (χ1n) is 12.3. The lowest BCUT2D eigenvalue weighted by Crippen LogP contribution is -2.33. The fourth-order valence-electron chi connectivity index (χ4n) is 4.12. The SMILES string of the molecule is CC(C)c1ccc(C(=O)Nc2ccc(F)cc2C(=O)Nc2ccc(Cl)cn2)c(OC[C@@H]2CCCNC2)c1.Cl.Cl. The van der Waals surface area contributed by atoms with E-state index in [1.165, 1.54) is 24.4 Å². The zero-order chi connectivity index (χ0) is 26.4. The van der Waals surface area contributed by atoms with Gasteiger partial charge in [-0.05, 0) is 73.3 Å². The number of hydrogen-bond acceptors (Lipinski definition) is 5. The number of carbonyl (C=O) groups is 2. The molecule has 3 aromatic rings. The van der Waals surface area contributed by atoms with Crippen LogP contribution in [0.15, 0.2) is 54.7 Å². The molecule has 0 saturated carbocycles. The first-order chi connectivity index (χ1) is 17.8. The lowest BCUT2D eigenvalue weighted by Gasteiger charge is -2.24. The van der Waals surface area contributed by atoms with Crippen LogP contribution in [-0.4, -0.2) is 36.5 Å². The topological polar surface area (TPSA) is 92.4 Å².